The van der Waals surface area contributed by atoms with Crippen molar-refractivity contribution in [3.05, 3.63) is 89.2 Å². The van der Waals surface area contributed by atoms with E-state index in [1.165, 1.54) is 41.3 Å². The molecule has 1 unspecified atom stereocenters. The molecular weight excluding hydrogens is 477 g/mol. The number of amides is 2. The molecule has 174 valence electrons. The zero-order valence-corrected chi connectivity index (χ0v) is 19.5. The number of benzene rings is 3. The molecule has 3 aromatic carbocycles. The predicted octanol–water partition coefficient (Wildman–Crippen LogP) is 4.76. The second kappa shape index (κ2) is 10.2. The number of nitrogens with one attached hydrogen (secondary N) is 1. The molecule has 6 nitrogen and oxygen atoms in total. The minimum Gasteiger partial charge on any atom is -0.508 e. The van der Waals surface area contributed by atoms with Gasteiger partial charge in [-0.15, -0.1) is 0 Å². The van der Waals surface area contributed by atoms with Gasteiger partial charge in [-0.2, -0.15) is 0 Å². The highest BCUT2D eigenvalue weighted by molar-refractivity contribution is 7.80. The van der Waals surface area contributed by atoms with Crippen molar-refractivity contribution in [3.8, 4) is 5.75 Å². The van der Waals surface area contributed by atoms with Gasteiger partial charge in [0.1, 0.15) is 17.6 Å². The van der Waals surface area contributed by atoms with E-state index in [0.29, 0.717) is 29.4 Å². The number of halogens is 2. The molecule has 1 fully saturated rings. The first-order valence-corrected chi connectivity index (χ1v) is 11.3. The summed E-state index contributed by atoms with van der Waals surface area (Å²) in [6.07, 6.45) is 0.454. The van der Waals surface area contributed by atoms with E-state index in [4.69, 9.17) is 23.8 Å². The van der Waals surface area contributed by atoms with Crippen LogP contribution in [0.25, 0.3) is 0 Å². The van der Waals surface area contributed by atoms with Crippen LogP contribution in [0, 0.1) is 5.82 Å². The molecule has 2 amide bonds. The third-order valence-corrected chi connectivity index (χ3v) is 6.16. The average molecular weight is 498 g/mol. The van der Waals surface area contributed by atoms with Gasteiger partial charge in [-0.1, -0.05) is 23.7 Å². The van der Waals surface area contributed by atoms with Crippen LogP contribution in [-0.2, 0) is 16.0 Å². The van der Waals surface area contributed by atoms with E-state index in [1.54, 1.807) is 29.2 Å². The molecule has 0 saturated carbocycles. The Morgan fingerprint density at radius 2 is 1.68 bits per heavy atom. The van der Waals surface area contributed by atoms with E-state index in [-0.39, 0.29) is 23.2 Å². The molecule has 1 aliphatic heterocycles. The van der Waals surface area contributed by atoms with Gasteiger partial charge in [-0.3, -0.25) is 14.5 Å². The molecule has 0 aromatic heterocycles. The fourth-order valence-corrected chi connectivity index (χ4v) is 4.29. The number of carbonyl (C=O) groups excluding carboxylic acids is 2. The highest BCUT2D eigenvalue weighted by Crippen LogP contribution is 2.29. The standard InChI is InChI=1S/C25H21ClFN3O3S/c26-17-3-1-16(2-4-17)13-14-29-22(15-23(32)28-19-7-5-18(27)6-8-19)24(33)30(25(29)34)20-9-11-21(31)12-10-20/h1-12,22,31H,13-15H2,(H,28,32). The van der Waals surface area contributed by atoms with Crippen LogP contribution in [0.1, 0.15) is 12.0 Å². The number of nitrogens with zero attached hydrogens (tertiary/aromatic N) is 2. The van der Waals surface area contributed by atoms with Gasteiger partial charge >= 0.3 is 0 Å². The Morgan fingerprint density at radius 3 is 2.32 bits per heavy atom. The van der Waals surface area contributed by atoms with Crippen LogP contribution in [0.5, 0.6) is 5.75 Å². The minimum atomic E-state index is -0.811. The number of phenols is 1. The number of anilines is 2. The second-order valence-electron chi connectivity index (χ2n) is 7.82. The molecule has 4 rings (SSSR count). The number of phenolic OH excluding ortho intramolecular Hbond substituents is 1. The fraction of sp³-hybridized carbons (Fsp3) is 0.160. The summed E-state index contributed by atoms with van der Waals surface area (Å²) in [6, 6.07) is 18.1. The van der Waals surface area contributed by atoms with Crippen LogP contribution in [0.15, 0.2) is 72.8 Å². The summed E-state index contributed by atoms with van der Waals surface area (Å²) < 4.78 is 13.2. The van der Waals surface area contributed by atoms with Crippen LogP contribution < -0.4 is 10.2 Å². The average Bonchev–Trinajstić information content (AvgIpc) is 3.04. The molecule has 1 heterocycles. The number of carbonyl (C=O) groups is 2. The van der Waals surface area contributed by atoms with Gasteiger partial charge in [0.05, 0.1) is 12.1 Å². The Labute approximate surface area is 206 Å². The molecule has 0 radical (unpaired) electrons. The molecule has 0 spiro atoms. The van der Waals surface area contributed by atoms with Crippen molar-refractivity contribution in [2.24, 2.45) is 0 Å². The lowest BCUT2D eigenvalue weighted by Gasteiger charge is -2.24. The molecule has 2 N–H and O–H groups in total. The van der Waals surface area contributed by atoms with E-state index in [9.17, 15) is 19.1 Å². The lowest BCUT2D eigenvalue weighted by atomic mass is 10.1. The summed E-state index contributed by atoms with van der Waals surface area (Å²) in [5.41, 5.74) is 1.95. The molecule has 1 saturated heterocycles. The Hall–Kier alpha value is -3.49. The number of aromatic hydroxyl groups is 1. The van der Waals surface area contributed by atoms with Gasteiger partial charge in [0.25, 0.3) is 5.91 Å². The van der Waals surface area contributed by atoms with E-state index in [2.05, 4.69) is 5.32 Å². The van der Waals surface area contributed by atoms with Crippen LogP contribution in [-0.4, -0.2) is 39.5 Å². The van der Waals surface area contributed by atoms with Crippen molar-refractivity contribution in [2.45, 2.75) is 18.9 Å². The van der Waals surface area contributed by atoms with Gasteiger partial charge in [0.2, 0.25) is 5.91 Å². The minimum absolute atomic E-state index is 0.0659. The Balaban J connectivity index is 1.55. The van der Waals surface area contributed by atoms with Crippen molar-refractivity contribution >= 4 is 52.1 Å². The summed E-state index contributed by atoms with van der Waals surface area (Å²) >= 11 is 11.6. The molecule has 0 bridgehead atoms. The molecular formula is C25H21ClFN3O3S. The SMILES string of the molecule is O=C(CC1C(=O)N(c2ccc(O)cc2)C(=S)N1CCc1ccc(Cl)cc1)Nc1ccc(F)cc1. The van der Waals surface area contributed by atoms with Gasteiger partial charge in [0.15, 0.2) is 5.11 Å². The van der Waals surface area contributed by atoms with Crippen molar-refractivity contribution in [2.75, 3.05) is 16.8 Å². The molecule has 3 aromatic rings. The van der Waals surface area contributed by atoms with E-state index in [1.807, 2.05) is 12.1 Å². The van der Waals surface area contributed by atoms with Crippen LogP contribution in [0.3, 0.4) is 0 Å². The van der Waals surface area contributed by atoms with Crippen LogP contribution >= 0.6 is 23.8 Å². The van der Waals surface area contributed by atoms with Crippen molar-refractivity contribution < 1.29 is 19.1 Å². The molecule has 1 atom stereocenters. The quantitative estimate of drug-likeness (QED) is 0.460. The predicted molar refractivity (Wildman–Crippen MR) is 133 cm³/mol. The summed E-state index contributed by atoms with van der Waals surface area (Å²) in [5.74, 6) is -1.07. The topological polar surface area (TPSA) is 72.9 Å². The monoisotopic (exact) mass is 497 g/mol. The summed E-state index contributed by atoms with van der Waals surface area (Å²) in [7, 11) is 0. The van der Waals surface area contributed by atoms with Gasteiger partial charge < -0.3 is 15.3 Å². The summed E-state index contributed by atoms with van der Waals surface area (Å²) in [6.45, 7) is 0.412. The first-order valence-electron chi connectivity index (χ1n) is 10.6. The third-order valence-electron chi connectivity index (χ3n) is 5.49. The second-order valence-corrected chi connectivity index (χ2v) is 8.62. The first kappa shape index (κ1) is 23.7. The highest BCUT2D eigenvalue weighted by atomic mass is 35.5. The number of thiocarbonyl (C=S) groups is 1. The molecule has 1 aliphatic rings. The summed E-state index contributed by atoms with van der Waals surface area (Å²) in [4.78, 5) is 29.3. The van der Waals surface area contributed by atoms with Gasteiger partial charge in [0, 0.05) is 17.3 Å². The molecule has 34 heavy (non-hydrogen) atoms. The maximum Gasteiger partial charge on any atom is 0.256 e. The van der Waals surface area contributed by atoms with Crippen LogP contribution in [0.4, 0.5) is 15.8 Å². The maximum atomic E-state index is 13.4. The Bertz CT molecular complexity index is 1200. The molecule has 9 heteroatoms. The van der Waals surface area contributed by atoms with E-state index >= 15 is 0 Å². The Morgan fingerprint density at radius 1 is 1.03 bits per heavy atom. The first-order chi connectivity index (χ1) is 16.3. The van der Waals surface area contributed by atoms with Gasteiger partial charge in [-0.05, 0) is 84.9 Å². The maximum absolute atomic E-state index is 13.4. The highest BCUT2D eigenvalue weighted by Gasteiger charge is 2.43. The van der Waals surface area contributed by atoms with Crippen molar-refractivity contribution in [3.63, 3.8) is 0 Å². The lowest BCUT2D eigenvalue weighted by molar-refractivity contribution is -0.124. The van der Waals surface area contributed by atoms with Gasteiger partial charge in [-0.25, -0.2) is 4.39 Å². The largest absolute Gasteiger partial charge is 0.508 e. The van der Waals surface area contributed by atoms with Crippen molar-refractivity contribution in [1.29, 1.82) is 0 Å². The lowest BCUT2D eigenvalue weighted by Crippen LogP contribution is -2.39. The Kier molecular flexibility index (Phi) is 7.09. The van der Waals surface area contributed by atoms with E-state index < -0.39 is 17.8 Å². The number of rotatable bonds is 7. The smallest absolute Gasteiger partial charge is 0.256 e. The van der Waals surface area contributed by atoms with Crippen molar-refractivity contribution in [1.82, 2.24) is 4.90 Å². The number of hydrogen-bond donors (Lipinski definition) is 2. The summed E-state index contributed by atoms with van der Waals surface area (Å²) in [5, 5.41) is 13.2. The third kappa shape index (κ3) is 5.35. The zero-order valence-electron chi connectivity index (χ0n) is 17.9. The normalized spacial score (nSPS) is 15.6. The van der Waals surface area contributed by atoms with Crippen LogP contribution in [0.2, 0.25) is 5.02 Å². The fourth-order valence-electron chi connectivity index (χ4n) is 3.75. The zero-order chi connectivity index (χ0) is 24.2. The van der Waals surface area contributed by atoms with E-state index in [0.717, 1.165) is 5.56 Å². The number of hydrogen-bond acceptors (Lipinski definition) is 4. The molecule has 0 aliphatic carbocycles.